The molecule has 118 valence electrons. The lowest BCUT2D eigenvalue weighted by Crippen LogP contribution is -2.41. The van der Waals surface area contributed by atoms with E-state index in [-0.39, 0.29) is 11.5 Å². The molecule has 2 N–H and O–H groups in total. The van der Waals surface area contributed by atoms with Crippen molar-refractivity contribution in [2.75, 3.05) is 59.7 Å². The van der Waals surface area contributed by atoms with Gasteiger partial charge in [-0.15, -0.1) is 0 Å². The van der Waals surface area contributed by atoms with Gasteiger partial charge in [0, 0.05) is 52.6 Å². The number of carbonyl (C=O) groups is 1. The van der Waals surface area contributed by atoms with Crippen molar-refractivity contribution in [1.82, 2.24) is 15.5 Å². The number of rotatable bonds is 9. The lowest BCUT2D eigenvalue weighted by Gasteiger charge is -2.26. The number of carbonyl (C=O) groups excluding carboxylic acids is 1. The summed E-state index contributed by atoms with van der Waals surface area (Å²) in [6.45, 7) is 5.87. The topological polar surface area (TPSA) is 86.6 Å². The molecule has 7 nitrogen and oxygen atoms in total. The standard InChI is InChI=1S/C14H24N4O3/c1-20-8-2-3-16-12-13(11-15)14(19)17-4-5-18-6-9-21-10-7-18/h12,16H,2-10H2,1H3,(H,17,19)/b13-12-. The summed E-state index contributed by atoms with van der Waals surface area (Å²) in [6.07, 6.45) is 2.28. The maximum absolute atomic E-state index is 11.8. The third kappa shape index (κ3) is 7.66. The molecule has 1 heterocycles. The number of methoxy groups -OCH3 is 1. The van der Waals surface area contributed by atoms with Crippen LogP contribution in [0.15, 0.2) is 11.8 Å². The van der Waals surface area contributed by atoms with E-state index < -0.39 is 0 Å². The fourth-order valence-corrected chi connectivity index (χ4v) is 1.89. The third-order valence-corrected chi connectivity index (χ3v) is 3.10. The first-order valence-corrected chi connectivity index (χ1v) is 7.19. The molecule has 0 aliphatic carbocycles. The van der Waals surface area contributed by atoms with Gasteiger partial charge in [-0.25, -0.2) is 0 Å². The highest BCUT2D eigenvalue weighted by molar-refractivity contribution is 5.97. The van der Waals surface area contributed by atoms with E-state index in [0.717, 1.165) is 39.3 Å². The van der Waals surface area contributed by atoms with Crippen LogP contribution in [0.25, 0.3) is 0 Å². The van der Waals surface area contributed by atoms with Gasteiger partial charge in [-0.1, -0.05) is 0 Å². The van der Waals surface area contributed by atoms with E-state index in [1.807, 2.05) is 6.07 Å². The number of hydrogen-bond donors (Lipinski definition) is 2. The molecule has 1 rings (SSSR count). The molecule has 0 unspecified atom stereocenters. The molecular weight excluding hydrogens is 272 g/mol. The molecular formula is C14H24N4O3. The van der Waals surface area contributed by atoms with Crippen LogP contribution in [0.3, 0.4) is 0 Å². The van der Waals surface area contributed by atoms with Crippen LogP contribution in [0.4, 0.5) is 0 Å². The average Bonchev–Trinajstić information content (AvgIpc) is 2.52. The molecule has 1 amide bonds. The Bertz CT molecular complexity index is 373. The Balaban J connectivity index is 2.20. The molecule has 0 aromatic carbocycles. The van der Waals surface area contributed by atoms with Gasteiger partial charge >= 0.3 is 0 Å². The monoisotopic (exact) mass is 296 g/mol. The predicted molar refractivity (Wildman–Crippen MR) is 78.5 cm³/mol. The van der Waals surface area contributed by atoms with Crippen molar-refractivity contribution in [2.45, 2.75) is 6.42 Å². The summed E-state index contributed by atoms with van der Waals surface area (Å²) < 4.78 is 10.2. The van der Waals surface area contributed by atoms with Gasteiger partial charge in [-0.2, -0.15) is 5.26 Å². The van der Waals surface area contributed by atoms with Crippen LogP contribution in [0.5, 0.6) is 0 Å². The Labute approximate surface area is 125 Å². The van der Waals surface area contributed by atoms with E-state index in [9.17, 15) is 4.79 Å². The Morgan fingerprint density at radius 3 is 2.86 bits per heavy atom. The van der Waals surface area contributed by atoms with Crippen LogP contribution >= 0.6 is 0 Å². The summed E-state index contributed by atoms with van der Waals surface area (Å²) in [5.74, 6) is -0.343. The molecule has 1 aliphatic rings. The summed E-state index contributed by atoms with van der Waals surface area (Å²) in [5, 5.41) is 14.7. The van der Waals surface area contributed by atoms with E-state index in [2.05, 4.69) is 15.5 Å². The summed E-state index contributed by atoms with van der Waals surface area (Å²) in [6, 6.07) is 1.90. The van der Waals surface area contributed by atoms with Gasteiger partial charge in [0.05, 0.1) is 13.2 Å². The van der Waals surface area contributed by atoms with Gasteiger partial charge in [-0.3, -0.25) is 9.69 Å². The second-order valence-corrected chi connectivity index (χ2v) is 4.68. The van der Waals surface area contributed by atoms with E-state index in [0.29, 0.717) is 19.7 Å². The minimum Gasteiger partial charge on any atom is -0.390 e. The number of amides is 1. The highest BCUT2D eigenvalue weighted by atomic mass is 16.5. The molecule has 21 heavy (non-hydrogen) atoms. The summed E-state index contributed by atoms with van der Waals surface area (Å²) in [7, 11) is 1.64. The smallest absolute Gasteiger partial charge is 0.263 e. The SMILES string of the molecule is COCCCN/C=C(/C#N)C(=O)NCCN1CCOCC1. The molecule has 1 aliphatic heterocycles. The lowest BCUT2D eigenvalue weighted by molar-refractivity contribution is -0.117. The summed E-state index contributed by atoms with van der Waals surface area (Å²) in [5.41, 5.74) is 0.0920. The Morgan fingerprint density at radius 1 is 1.43 bits per heavy atom. The number of nitrogens with zero attached hydrogens (tertiary/aromatic N) is 2. The van der Waals surface area contributed by atoms with Crippen molar-refractivity contribution in [1.29, 1.82) is 5.26 Å². The summed E-state index contributed by atoms with van der Waals surface area (Å²) in [4.78, 5) is 14.1. The van der Waals surface area contributed by atoms with Gasteiger partial charge in [0.2, 0.25) is 0 Å². The maximum Gasteiger partial charge on any atom is 0.263 e. The number of morpholine rings is 1. The average molecular weight is 296 g/mol. The van der Waals surface area contributed by atoms with Crippen LogP contribution in [0.1, 0.15) is 6.42 Å². The lowest BCUT2D eigenvalue weighted by atomic mass is 10.3. The van der Waals surface area contributed by atoms with Crippen molar-refractivity contribution in [3.8, 4) is 6.07 Å². The molecule has 0 aromatic rings. The zero-order valence-corrected chi connectivity index (χ0v) is 12.6. The van der Waals surface area contributed by atoms with Gasteiger partial charge in [0.1, 0.15) is 11.6 Å². The van der Waals surface area contributed by atoms with E-state index >= 15 is 0 Å². The zero-order valence-electron chi connectivity index (χ0n) is 12.6. The Morgan fingerprint density at radius 2 is 2.19 bits per heavy atom. The highest BCUT2D eigenvalue weighted by Crippen LogP contribution is 1.95. The van der Waals surface area contributed by atoms with E-state index in [4.69, 9.17) is 14.7 Å². The van der Waals surface area contributed by atoms with Crippen LogP contribution in [-0.4, -0.2) is 70.5 Å². The van der Waals surface area contributed by atoms with Crippen molar-refractivity contribution in [3.63, 3.8) is 0 Å². The van der Waals surface area contributed by atoms with Gasteiger partial charge < -0.3 is 20.1 Å². The van der Waals surface area contributed by atoms with Crippen LogP contribution < -0.4 is 10.6 Å². The number of nitriles is 1. The normalized spacial score (nSPS) is 16.3. The van der Waals surface area contributed by atoms with Gasteiger partial charge in [0.25, 0.3) is 5.91 Å². The second-order valence-electron chi connectivity index (χ2n) is 4.68. The summed E-state index contributed by atoms with van der Waals surface area (Å²) >= 11 is 0. The van der Waals surface area contributed by atoms with Crippen LogP contribution in [0, 0.1) is 11.3 Å². The first kappa shape index (κ1) is 17.4. The minimum atomic E-state index is -0.343. The molecule has 7 heteroatoms. The van der Waals surface area contributed by atoms with E-state index in [1.165, 1.54) is 6.20 Å². The Kier molecular flexibility index (Phi) is 9.20. The van der Waals surface area contributed by atoms with Gasteiger partial charge in [0.15, 0.2) is 0 Å². The van der Waals surface area contributed by atoms with Crippen molar-refractivity contribution in [2.24, 2.45) is 0 Å². The van der Waals surface area contributed by atoms with Crippen molar-refractivity contribution < 1.29 is 14.3 Å². The highest BCUT2D eigenvalue weighted by Gasteiger charge is 2.11. The maximum atomic E-state index is 11.8. The second kappa shape index (κ2) is 11.1. The van der Waals surface area contributed by atoms with Crippen molar-refractivity contribution >= 4 is 5.91 Å². The first-order chi connectivity index (χ1) is 10.3. The molecule has 0 bridgehead atoms. The molecule has 1 saturated heterocycles. The largest absolute Gasteiger partial charge is 0.390 e. The fraction of sp³-hybridized carbons (Fsp3) is 0.714. The first-order valence-electron chi connectivity index (χ1n) is 7.19. The van der Waals surface area contributed by atoms with E-state index in [1.54, 1.807) is 7.11 Å². The number of nitrogens with one attached hydrogen (secondary N) is 2. The molecule has 0 atom stereocenters. The molecule has 0 spiro atoms. The predicted octanol–water partition coefficient (Wildman–Crippen LogP) is -0.532. The van der Waals surface area contributed by atoms with Gasteiger partial charge in [-0.05, 0) is 6.42 Å². The third-order valence-electron chi connectivity index (χ3n) is 3.10. The number of ether oxygens (including phenoxy) is 2. The molecule has 0 radical (unpaired) electrons. The van der Waals surface area contributed by atoms with Crippen LogP contribution in [0.2, 0.25) is 0 Å². The number of hydrogen-bond acceptors (Lipinski definition) is 6. The fourth-order valence-electron chi connectivity index (χ4n) is 1.89. The zero-order chi connectivity index (χ0) is 15.3. The quantitative estimate of drug-likeness (QED) is 0.338. The minimum absolute atomic E-state index is 0.0920. The molecule has 0 aromatic heterocycles. The Hall–Kier alpha value is -1.62. The molecule has 0 saturated carbocycles. The van der Waals surface area contributed by atoms with Crippen LogP contribution in [-0.2, 0) is 14.3 Å². The molecule has 1 fully saturated rings. The van der Waals surface area contributed by atoms with Crippen molar-refractivity contribution in [3.05, 3.63) is 11.8 Å².